The lowest BCUT2D eigenvalue weighted by atomic mass is 9.75. The second-order valence-electron chi connectivity index (χ2n) is 4.61. The first-order valence-corrected chi connectivity index (χ1v) is 6.02. The van der Waals surface area contributed by atoms with Crippen LogP contribution in [-0.2, 0) is 14.3 Å². The van der Waals surface area contributed by atoms with Gasteiger partial charge < -0.3 is 10.1 Å². The highest BCUT2D eigenvalue weighted by Gasteiger charge is 2.34. The zero-order valence-corrected chi connectivity index (χ0v) is 10.2. The van der Waals surface area contributed by atoms with Gasteiger partial charge in [0.1, 0.15) is 6.54 Å². The molecule has 0 unspecified atom stereocenters. The summed E-state index contributed by atoms with van der Waals surface area (Å²) in [6, 6.07) is 0. The van der Waals surface area contributed by atoms with E-state index in [1.54, 1.807) is 6.92 Å². The molecule has 1 amide bonds. The van der Waals surface area contributed by atoms with Crippen LogP contribution >= 0.6 is 0 Å². The van der Waals surface area contributed by atoms with Crippen LogP contribution in [-0.4, -0.2) is 25.0 Å². The van der Waals surface area contributed by atoms with Gasteiger partial charge in [0.15, 0.2) is 0 Å². The minimum atomic E-state index is -0.366. The summed E-state index contributed by atoms with van der Waals surface area (Å²) in [6.45, 7) is 4.07. The summed E-state index contributed by atoms with van der Waals surface area (Å²) >= 11 is 0. The number of hydrogen-bond acceptors (Lipinski definition) is 3. The largest absolute Gasteiger partial charge is 0.465 e. The zero-order chi connectivity index (χ0) is 12.0. The number of carbonyl (C=O) groups is 2. The van der Waals surface area contributed by atoms with E-state index in [2.05, 4.69) is 5.32 Å². The lowest BCUT2D eigenvalue weighted by Gasteiger charge is -2.31. The molecule has 0 aliphatic heterocycles. The van der Waals surface area contributed by atoms with Gasteiger partial charge in [-0.1, -0.05) is 26.2 Å². The van der Waals surface area contributed by atoms with Gasteiger partial charge in [-0.25, -0.2) is 0 Å². The van der Waals surface area contributed by atoms with E-state index in [4.69, 9.17) is 4.74 Å². The number of amides is 1. The van der Waals surface area contributed by atoms with E-state index < -0.39 is 0 Å². The monoisotopic (exact) mass is 227 g/mol. The molecule has 1 fully saturated rings. The summed E-state index contributed by atoms with van der Waals surface area (Å²) in [7, 11) is 0. The van der Waals surface area contributed by atoms with Gasteiger partial charge in [0.2, 0.25) is 5.91 Å². The van der Waals surface area contributed by atoms with Crippen molar-refractivity contribution >= 4 is 11.9 Å². The van der Waals surface area contributed by atoms with E-state index in [1.165, 1.54) is 6.42 Å². The van der Waals surface area contributed by atoms with Gasteiger partial charge in [0.05, 0.1) is 6.61 Å². The first-order chi connectivity index (χ1) is 7.58. The highest BCUT2D eigenvalue weighted by molar-refractivity contribution is 5.86. The van der Waals surface area contributed by atoms with Crippen LogP contribution in [0, 0.1) is 5.41 Å². The molecule has 4 heteroatoms. The molecule has 1 aliphatic rings. The van der Waals surface area contributed by atoms with Gasteiger partial charge in [-0.15, -0.1) is 0 Å². The fourth-order valence-electron chi connectivity index (χ4n) is 2.14. The fourth-order valence-corrected chi connectivity index (χ4v) is 2.14. The molecule has 0 aromatic rings. The molecule has 0 heterocycles. The van der Waals surface area contributed by atoms with Crippen molar-refractivity contribution in [1.29, 1.82) is 0 Å². The van der Waals surface area contributed by atoms with Crippen molar-refractivity contribution in [2.75, 3.05) is 13.2 Å². The number of esters is 1. The first kappa shape index (κ1) is 13.0. The fraction of sp³-hybridized carbons (Fsp3) is 0.833. The average Bonchev–Trinajstić information content (AvgIpc) is 2.27. The first-order valence-electron chi connectivity index (χ1n) is 6.02. The minimum Gasteiger partial charge on any atom is -0.465 e. The lowest BCUT2D eigenvalue weighted by molar-refractivity contribution is -0.144. The SMILES string of the molecule is CCOC(=O)CNC(=O)C1(C)CCCCC1. The van der Waals surface area contributed by atoms with Crippen LogP contribution in [0.1, 0.15) is 46.0 Å². The Bertz CT molecular complexity index is 257. The Morgan fingerprint density at radius 1 is 1.25 bits per heavy atom. The van der Waals surface area contributed by atoms with Gasteiger partial charge in [-0.05, 0) is 19.8 Å². The van der Waals surface area contributed by atoms with Crippen molar-refractivity contribution in [3.05, 3.63) is 0 Å². The predicted molar refractivity (Wildman–Crippen MR) is 60.8 cm³/mol. The second kappa shape index (κ2) is 5.87. The predicted octanol–water partition coefficient (Wildman–Crippen LogP) is 1.64. The number of ether oxygens (including phenoxy) is 1. The average molecular weight is 227 g/mol. The maximum absolute atomic E-state index is 11.9. The van der Waals surface area contributed by atoms with E-state index >= 15 is 0 Å². The molecular formula is C12H21NO3. The van der Waals surface area contributed by atoms with Crippen LogP contribution in [0.15, 0.2) is 0 Å². The quantitative estimate of drug-likeness (QED) is 0.743. The van der Waals surface area contributed by atoms with Crippen molar-refractivity contribution in [2.45, 2.75) is 46.0 Å². The highest BCUT2D eigenvalue weighted by atomic mass is 16.5. The summed E-state index contributed by atoms with van der Waals surface area (Å²) in [5.74, 6) is -0.379. The number of carbonyl (C=O) groups excluding carboxylic acids is 2. The molecule has 0 aromatic carbocycles. The number of rotatable bonds is 4. The molecule has 1 rings (SSSR count). The van der Waals surface area contributed by atoms with Crippen LogP contribution in [0.25, 0.3) is 0 Å². The Morgan fingerprint density at radius 3 is 2.44 bits per heavy atom. The van der Waals surface area contributed by atoms with Crippen LogP contribution in [0.2, 0.25) is 0 Å². The van der Waals surface area contributed by atoms with Crippen molar-refractivity contribution in [2.24, 2.45) is 5.41 Å². The molecule has 16 heavy (non-hydrogen) atoms. The van der Waals surface area contributed by atoms with Gasteiger partial charge in [-0.2, -0.15) is 0 Å². The topological polar surface area (TPSA) is 55.4 Å². The smallest absolute Gasteiger partial charge is 0.325 e. The molecule has 1 saturated carbocycles. The summed E-state index contributed by atoms with van der Waals surface area (Å²) in [4.78, 5) is 23.0. The highest BCUT2D eigenvalue weighted by Crippen LogP contribution is 2.35. The maximum Gasteiger partial charge on any atom is 0.325 e. The van der Waals surface area contributed by atoms with Gasteiger partial charge in [-0.3, -0.25) is 9.59 Å². The minimum absolute atomic E-state index is 0.0116. The van der Waals surface area contributed by atoms with Crippen molar-refractivity contribution < 1.29 is 14.3 Å². The molecule has 0 radical (unpaired) electrons. The van der Waals surface area contributed by atoms with Gasteiger partial charge in [0, 0.05) is 5.41 Å². The van der Waals surface area contributed by atoms with E-state index in [-0.39, 0.29) is 23.8 Å². The third-order valence-electron chi connectivity index (χ3n) is 3.20. The molecule has 1 N–H and O–H groups in total. The van der Waals surface area contributed by atoms with Gasteiger partial charge >= 0.3 is 5.97 Å². The Morgan fingerprint density at radius 2 is 1.88 bits per heavy atom. The van der Waals surface area contributed by atoms with Crippen molar-refractivity contribution in [3.8, 4) is 0 Å². The lowest BCUT2D eigenvalue weighted by Crippen LogP contribution is -2.42. The molecule has 0 bridgehead atoms. The van der Waals surface area contributed by atoms with Crippen LogP contribution in [0.3, 0.4) is 0 Å². The summed E-state index contributed by atoms with van der Waals surface area (Å²) < 4.78 is 4.76. The molecule has 0 saturated heterocycles. The van der Waals surface area contributed by atoms with E-state index in [9.17, 15) is 9.59 Å². The third-order valence-corrected chi connectivity index (χ3v) is 3.20. The number of nitrogens with one attached hydrogen (secondary N) is 1. The Labute approximate surface area is 96.7 Å². The van der Waals surface area contributed by atoms with Crippen LogP contribution in [0.4, 0.5) is 0 Å². The molecule has 0 spiro atoms. The number of hydrogen-bond donors (Lipinski definition) is 1. The Balaban J connectivity index is 2.36. The summed E-state index contributed by atoms with van der Waals surface area (Å²) in [6.07, 6.45) is 5.25. The van der Waals surface area contributed by atoms with Crippen molar-refractivity contribution in [1.82, 2.24) is 5.32 Å². The summed E-state index contributed by atoms with van der Waals surface area (Å²) in [5, 5.41) is 2.66. The Kier molecular flexibility index (Phi) is 4.77. The van der Waals surface area contributed by atoms with Crippen molar-refractivity contribution in [3.63, 3.8) is 0 Å². The van der Waals surface area contributed by atoms with E-state index in [0.717, 1.165) is 25.7 Å². The van der Waals surface area contributed by atoms with Gasteiger partial charge in [0.25, 0.3) is 0 Å². The molecule has 0 aromatic heterocycles. The van der Waals surface area contributed by atoms with Crippen LogP contribution < -0.4 is 5.32 Å². The maximum atomic E-state index is 11.9. The van der Waals surface area contributed by atoms with E-state index in [1.807, 2.05) is 6.92 Å². The molecule has 92 valence electrons. The molecular weight excluding hydrogens is 206 g/mol. The Hall–Kier alpha value is -1.06. The summed E-state index contributed by atoms with van der Waals surface area (Å²) in [5.41, 5.74) is -0.287. The molecule has 4 nitrogen and oxygen atoms in total. The normalized spacial score (nSPS) is 18.9. The third kappa shape index (κ3) is 3.51. The standard InChI is InChI=1S/C12H21NO3/c1-3-16-10(14)9-13-11(15)12(2)7-5-4-6-8-12/h3-9H2,1-2H3,(H,13,15). The molecule has 1 aliphatic carbocycles. The van der Waals surface area contributed by atoms with E-state index in [0.29, 0.717) is 6.61 Å². The second-order valence-corrected chi connectivity index (χ2v) is 4.61. The zero-order valence-electron chi connectivity index (χ0n) is 10.2. The van der Waals surface area contributed by atoms with Crippen LogP contribution in [0.5, 0.6) is 0 Å². The molecule has 0 atom stereocenters.